The zero-order chi connectivity index (χ0) is 26.8. The van der Waals surface area contributed by atoms with Gasteiger partial charge in [-0.05, 0) is 0 Å². The van der Waals surface area contributed by atoms with Crippen molar-refractivity contribution < 1.29 is 18.0 Å². The molecule has 0 spiro atoms. The van der Waals surface area contributed by atoms with E-state index in [1.54, 1.807) is 6.65 Å². The van der Waals surface area contributed by atoms with Crippen LogP contribution in [0.2, 0.25) is 0 Å². The van der Waals surface area contributed by atoms with Gasteiger partial charge in [-0.1, -0.05) is 0 Å². The molecule has 0 radical (unpaired) electrons. The molecule has 0 saturated carbocycles. The number of hydrogen-bond acceptors (Lipinski definition) is 0. The van der Waals surface area contributed by atoms with Gasteiger partial charge in [-0.15, -0.1) is 24.8 Å². The van der Waals surface area contributed by atoms with Crippen molar-refractivity contribution >= 4 is 39.0 Å². The molecular weight excluding hydrogens is 694 g/mol. The van der Waals surface area contributed by atoms with E-state index in [1.807, 2.05) is 0 Å². The van der Waals surface area contributed by atoms with Crippen molar-refractivity contribution in [3.05, 3.63) is 133 Å². The molecule has 4 aromatic rings. The maximum atomic E-state index is 5.64. The number of rotatable bonds is 4. The summed E-state index contributed by atoms with van der Waals surface area (Å²) in [6, 6.07) is 26.2. The second kappa shape index (κ2) is 10.8. The fourth-order valence-corrected chi connectivity index (χ4v) is 31.4. The Morgan fingerprint density at radius 2 is 1.18 bits per heavy atom. The topological polar surface area (TPSA) is 0 Å². The van der Waals surface area contributed by atoms with Gasteiger partial charge < -0.3 is 0 Å². The minimum atomic E-state index is -4.81. The van der Waals surface area contributed by atoms with E-state index in [2.05, 4.69) is 127 Å². The van der Waals surface area contributed by atoms with Gasteiger partial charge in [0.05, 0.1) is 0 Å². The molecule has 40 heavy (non-hydrogen) atoms. The van der Waals surface area contributed by atoms with Gasteiger partial charge in [0.1, 0.15) is 0 Å². The summed E-state index contributed by atoms with van der Waals surface area (Å²) in [7, 11) is 0. The van der Waals surface area contributed by atoms with E-state index < -0.39 is 18.0 Å². The van der Waals surface area contributed by atoms with Crippen LogP contribution in [0.5, 0.6) is 0 Å². The van der Waals surface area contributed by atoms with Gasteiger partial charge in [-0.3, -0.25) is 0 Å². The van der Waals surface area contributed by atoms with Crippen molar-refractivity contribution in [3.8, 4) is 11.1 Å². The molecule has 0 heterocycles. The Morgan fingerprint density at radius 1 is 0.650 bits per heavy atom. The molecule has 2 aliphatic rings. The molecule has 0 aromatic heterocycles. The van der Waals surface area contributed by atoms with Crippen molar-refractivity contribution in [1.29, 1.82) is 0 Å². The third-order valence-corrected chi connectivity index (χ3v) is 34.1. The zero-order valence-corrected chi connectivity index (χ0v) is 29.7. The average Bonchev–Trinajstić information content (AvgIpc) is 3.55. The van der Waals surface area contributed by atoms with Crippen LogP contribution in [0.25, 0.3) is 11.1 Å². The van der Waals surface area contributed by atoms with E-state index in [0.717, 1.165) is 12.8 Å². The summed E-state index contributed by atoms with van der Waals surface area (Å²) in [5.41, 5.74) is 14.0. The summed E-state index contributed by atoms with van der Waals surface area (Å²) in [5.74, 6) is 0. The molecule has 3 heteroatoms. The Hall–Kier alpha value is -2.32. The van der Waals surface area contributed by atoms with Crippen LogP contribution in [-0.4, -0.2) is 4.26 Å². The van der Waals surface area contributed by atoms with Gasteiger partial charge in [0.25, 0.3) is 0 Å². The van der Waals surface area contributed by atoms with Crippen LogP contribution < -0.4 is 9.96 Å². The predicted molar refractivity (Wildman–Crippen MR) is 178 cm³/mol. The number of allylic oxidation sites excluding steroid dienone is 4. The zero-order valence-electron chi connectivity index (χ0n) is 24.5. The molecule has 0 atom stereocenters. The summed E-state index contributed by atoms with van der Waals surface area (Å²) in [5, 5.41) is 0. The van der Waals surface area contributed by atoms with Crippen LogP contribution in [0.1, 0.15) is 50.9 Å². The summed E-state index contributed by atoms with van der Waals surface area (Å²) in [6.07, 6.45) is 9.00. The van der Waals surface area contributed by atoms with Crippen LogP contribution in [0.4, 0.5) is 0 Å². The average molecular weight is 734 g/mol. The standard InChI is InChI=1S/C17H17.2C7H7.C5H5.CH2.2ClH.Hf/c1-10-5-14-9-15-6-11(2)13(4)8-17(15)16(14)7-12(10)3;2*1-7-5-3-2-4-6-7;1-2-4-5-3-1;;;;/h5,7-8H,9H2,1-4H3;2*3-6H,1H3;1-3H,4H2;1H2;2*1H;. The third kappa shape index (κ3) is 4.23. The van der Waals surface area contributed by atoms with Crippen molar-refractivity contribution in [2.75, 3.05) is 0 Å². The van der Waals surface area contributed by atoms with Crippen molar-refractivity contribution in [2.45, 2.75) is 54.4 Å². The van der Waals surface area contributed by atoms with Crippen LogP contribution >= 0.6 is 24.8 Å². The number of aryl methyl sites for hydroxylation is 5. The van der Waals surface area contributed by atoms with E-state index in [-0.39, 0.29) is 24.8 Å². The van der Waals surface area contributed by atoms with E-state index in [4.69, 9.17) is 4.26 Å². The van der Waals surface area contributed by atoms with Gasteiger partial charge in [-0.2, -0.15) is 0 Å². The van der Waals surface area contributed by atoms with Crippen molar-refractivity contribution in [3.63, 3.8) is 0 Å². The van der Waals surface area contributed by atoms with Gasteiger partial charge in [0.15, 0.2) is 0 Å². The quantitative estimate of drug-likeness (QED) is 0.164. The second-order valence-corrected chi connectivity index (χ2v) is 30.7. The Bertz CT molecular complexity index is 1700. The summed E-state index contributed by atoms with van der Waals surface area (Å²) >= 11 is -4.81. The number of hydrogen-bond donors (Lipinski definition) is 0. The van der Waals surface area contributed by atoms with Crippen LogP contribution in [0, 0.1) is 41.5 Å². The summed E-state index contributed by atoms with van der Waals surface area (Å²) < 4.78 is 11.7. The first-order valence-electron chi connectivity index (χ1n) is 13.9. The normalized spacial score (nSPS) is 13.7. The SMILES string of the molecule is Cl.Cl.[CH2]=[Hf]([C]1=CC=CC1)([c]1ccc(C)cc1)([c]1ccc(C)cc1)[c]1c(C)c(C)cc2c1Cc1cc(C)c(C)cc1-2. The molecule has 0 bridgehead atoms. The maximum absolute atomic E-state index is 5.64. The Kier molecular flexibility index (Phi) is 8.29. The fourth-order valence-electron chi connectivity index (χ4n) is 7.29. The van der Waals surface area contributed by atoms with Crippen molar-refractivity contribution in [2.24, 2.45) is 0 Å². The first-order chi connectivity index (χ1) is 18.1. The number of halogens is 2. The molecular formula is C37H40Cl2Hf. The Morgan fingerprint density at radius 3 is 1.70 bits per heavy atom. The summed E-state index contributed by atoms with van der Waals surface area (Å²) in [4.78, 5) is 0. The van der Waals surface area contributed by atoms with E-state index in [1.165, 1.54) is 62.3 Å². The third-order valence-electron chi connectivity index (χ3n) is 9.74. The van der Waals surface area contributed by atoms with E-state index in [0.29, 0.717) is 0 Å². The second-order valence-electron chi connectivity index (χ2n) is 12.0. The molecule has 4 aromatic carbocycles. The molecule has 0 saturated heterocycles. The van der Waals surface area contributed by atoms with E-state index in [9.17, 15) is 0 Å². The molecule has 0 aliphatic heterocycles. The van der Waals surface area contributed by atoms with Crippen LogP contribution in [-0.2, 0) is 24.4 Å². The number of benzene rings is 4. The fraction of sp³-hybridized carbons (Fsp3) is 0.216. The molecule has 206 valence electrons. The monoisotopic (exact) mass is 734 g/mol. The minimum absolute atomic E-state index is 0. The first-order valence-corrected chi connectivity index (χ1v) is 23.6. The molecule has 0 nitrogen and oxygen atoms in total. The first kappa shape index (κ1) is 30.6. The van der Waals surface area contributed by atoms with Crippen LogP contribution in [0.3, 0.4) is 0 Å². The Labute approximate surface area is 253 Å². The van der Waals surface area contributed by atoms with Crippen LogP contribution in [0.15, 0.2) is 88.3 Å². The van der Waals surface area contributed by atoms with Gasteiger partial charge in [0, 0.05) is 0 Å². The predicted octanol–water partition coefficient (Wildman–Crippen LogP) is 8.19. The number of fused-ring (bicyclic) bond motifs is 3. The van der Waals surface area contributed by atoms with Gasteiger partial charge in [-0.25, -0.2) is 0 Å². The molecule has 0 N–H and O–H groups in total. The van der Waals surface area contributed by atoms with Gasteiger partial charge >= 0.3 is 231 Å². The Balaban J connectivity index is 0.00000185. The molecule has 0 fully saturated rings. The van der Waals surface area contributed by atoms with E-state index >= 15 is 0 Å². The van der Waals surface area contributed by atoms with Gasteiger partial charge in [0.2, 0.25) is 0 Å². The van der Waals surface area contributed by atoms with Crippen molar-refractivity contribution in [1.82, 2.24) is 0 Å². The molecule has 6 rings (SSSR count). The molecule has 0 amide bonds. The molecule has 0 unspecified atom stereocenters. The summed E-state index contributed by atoms with van der Waals surface area (Å²) in [6.45, 7) is 13.6. The molecule has 2 aliphatic carbocycles.